The molecule has 0 aliphatic carbocycles. The van der Waals surface area contributed by atoms with E-state index < -0.39 is 0 Å². The maximum Gasteiger partial charge on any atom is 0.253 e. The summed E-state index contributed by atoms with van der Waals surface area (Å²) in [6.07, 6.45) is 0.638. The van der Waals surface area contributed by atoms with Crippen LogP contribution in [0.3, 0.4) is 0 Å². The molecule has 160 valence electrons. The number of hydrogen-bond donors (Lipinski definition) is 0. The third-order valence-corrected chi connectivity index (χ3v) is 7.01. The minimum atomic E-state index is -0.230. The standard InChI is InChI=1S/C24H24N2O3S2/c1-28-21-11-6-10-18(24(21)29-2)20-14-19(22-12-7-13-31-22)25-26(20)23(27)16-30-15-17-8-4-3-5-9-17/h3-13,20H,14-16H2,1-2H3/t20-/m1/s1. The van der Waals surface area contributed by atoms with Gasteiger partial charge in [0, 0.05) is 17.7 Å². The Morgan fingerprint density at radius 2 is 1.94 bits per heavy atom. The van der Waals surface area contributed by atoms with Crippen LogP contribution < -0.4 is 9.47 Å². The van der Waals surface area contributed by atoms with Gasteiger partial charge in [0.1, 0.15) is 0 Å². The zero-order valence-corrected chi connectivity index (χ0v) is 19.1. The summed E-state index contributed by atoms with van der Waals surface area (Å²) in [5.41, 5.74) is 3.03. The van der Waals surface area contributed by atoms with Crippen molar-refractivity contribution in [3.8, 4) is 11.5 Å². The molecule has 0 unspecified atom stereocenters. The van der Waals surface area contributed by atoms with E-state index in [0.717, 1.165) is 21.9 Å². The first-order chi connectivity index (χ1) is 15.2. The van der Waals surface area contributed by atoms with E-state index in [1.165, 1.54) is 5.56 Å². The number of thiophene rings is 1. The zero-order chi connectivity index (χ0) is 21.6. The van der Waals surface area contributed by atoms with Crippen LogP contribution in [0, 0.1) is 0 Å². The lowest BCUT2D eigenvalue weighted by molar-refractivity contribution is -0.130. The molecule has 0 radical (unpaired) electrons. The number of amides is 1. The molecule has 1 aromatic heterocycles. The first-order valence-corrected chi connectivity index (χ1v) is 12.0. The lowest BCUT2D eigenvalue weighted by Crippen LogP contribution is -2.29. The highest BCUT2D eigenvalue weighted by molar-refractivity contribution is 7.99. The summed E-state index contributed by atoms with van der Waals surface area (Å²) < 4.78 is 11.1. The van der Waals surface area contributed by atoms with Gasteiger partial charge in [-0.25, -0.2) is 5.01 Å². The first-order valence-electron chi connectivity index (χ1n) is 9.97. The fourth-order valence-corrected chi connectivity index (χ4v) is 5.20. The Bertz CT molecular complexity index is 1050. The molecule has 7 heteroatoms. The molecule has 0 N–H and O–H groups in total. The number of methoxy groups -OCH3 is 2. The molecule has 1 aliphatic rings. The topological polar surface area (TPSA) is 51.1 Å². The molecule has 2 aromatic carbocycles. The van der Waals surface area contributed by atoms with E-state index in [4.69, 9.17) is 14.6 Å². The quantitative estimate of drug-likeness (QED) is 0.461. The van der Waals surface area contributed by atoms with Crippen molar-refractivity contribution in [1.82, 2.24) is 5.01 Å². The van der Waals surface area contributed by atoms with E-state index >= 15 is 0 Å². The van der Waals surface area contributed by atoms with Crippen LogP contribution >= 0.6 is 23.1 Å². The molecule has 31 heavy (non-hydrogen) atoms. The average Bonchev–Trinajstić information content (AvgIpc) is 3.49. The number of benzene rings is 2. The maximum atomic E-state index is 13.2. The van der Waals surface area contributed by atoms with Crippen molar-refractivity contribution >= 4 is 34.7 Å². The Morgan fingerprint density at radius 1 is 1.10 bits per heavy atom. The SMILES string of the molecule is COc1cccc([C@H]2CC(c3cccs3)=NN2C(=O)CSCc2ccccc2)c1OC. The van der Waals surface area contributed by atoms with E-state index in [0.29, 0.717) is 23.7 Å². The fraction of sp³-hybridized carbons (Fsp3) is 0.250. The summed E-state index contributed by atoms with van der Waals surface area (Å²) in [5.74, 6) is 2.43. The molecule has 2 heterocycles. The summed E-state index contributed by atoms with van der Waals surface area (Å²) in [6.45, 7) is 0. The van der Waals surface area contributed by atoms with Crippen LogP contribution in [0.5, 0.6) is 11.5 Å². The molecule has 5 nitrogen and oxygen atoms in total. The number of para-hydroxylation sites is 1. The number of thioether (sulfide) groups is 1. The summed E-state index contributed by atoms with van der Waals surface area (Å²) in [6, 6.07) is 19.8. The van der Waals surface area contributed by atoms with Crippen molar-refractivity contribution < 1.29 is 14.3 Å². The molecule has 0 saturated heterocycles. The molecule has 1 atom stereocenters. The van der Waals surface area contributed by atoms with Gasteiger partial charge in [-0.1, -0.05) is 48.5 Å². The second-order valence-corrected chi connectivity index (χ2v) is 8.98. The lowest BCUT2D eigenvalue weighted by atomic mass is 9.99. The number of carbonyl (C=O) groups is 1. The number of carbonyl (C=O) groups excluding carboxylic acids is 1. The maximum absolute atomic E-state index is 13.2. The van der Waals surface area contributed by atoms with Gasteiger partial charge in [0.05, 0.1) is 36.6 Å². The molecule has 0 fully saturated rings. The molecule has 1 amide bonds. The van der Waals surface area contributed by atoms with Gasteiger partial charge >= 0.3 is 0 Å². The second kappa shape index (κ2) is 10.0. The molecule has 1 aliphatic heterocycles. The second-order valence-electron chi connectivity index (χ2n) is 7.04. The van der Waals surface area contributed by atoms with Crippen molar-refractivity contribution in [2.45, 2.75) is 18.2 Å². The van der Waals surface area contributed by atoms with E-state index in [2.05, 4.69) is 12.1 Å². The van der Waals surface area contributed by atoms with Crippen molar-refractivity contribution in [2.24, 2.45) is 5.10 Å². The van der Waals surface area contributed by atoms with E-state index in [-0.39, 0.29) is 11.9 Å². The minimum absolute atomic E-state index is 0.0117. The molecule has 0 bridgehead atoms. The highest BCUT2D eigenvalue weighted by Gasteiger charge is 2.35. The van der Waals surface area contributed by atoms with Crippen LogP contribution in [0.15, 0.2) is 71.1 Å². The smallest absolute Gasteiger partial charge is 0.253 e. The lowest BCUT2D eigenvalue weighted by Gasteiger charge is -2.24. The van der Waals surface area contributed by atoms with Crippen LogP contribution in [-0.4, -0.2) is 36.6 Å². The Kier molecular flexibility index (Phi) is 6.94. The predicted octanol–water partition coefficient (Wildman–Crippen LogP) is 5.38. The highest BCUT2D eigenvalue weighted by atomic mass is 32.2. The number of nitrogens with zero attached hydrogens (tertiary/aromatic N) is 2. The van der Waals surface area contributed by atoms with Gasteiger partial charge in [0.2, 0.25) is 0 Å². The molecule has 0 spiro atoms. The van der Waals surface area contributed by atoms with Crippen LogP contribution in [0.4, 0.5) is 0 Å². The number of hydrogen-bond acceptors (Lipinski definition) is 6. The van der Waals surface area contributed by atoms with Gasteiger partial charge in [-0.2, -0.15) is 5.10 Å². The number of hydrazone groups is 1. The van der Waals surface area contributed by atoms with Crippen LogP contribution in [0.1, 0.15) is 28.5 Å². The van der Waals surface area contributed by atoms with Gasteiger partial charge in [-0.15, -0.1) is 23.1 Å². The number of rotatable bonds is 8. The monoisotopic (exact) mass is 452 g/mol. The molecule has 3 aromatic rings. The van der Waals surface area contributed by atoms with Crippen LogP contribution in [-0.2, 0) is 10.5 Å². The van der Waals surface area contributed by atoms with Crippen LogP contribution in [0.25, 0.3) is 0 Å². The van der Waals surface area contributed by atoms with Gasteiger partial charge in [0.25, 0.3) is 5.91 Å². The van der Waals surface area contributed by atoms with E-state index in [9.17, 15) is 4.79 Å². The number of ether oxygens (including phenoxy) is 2. The Labute approximate surface area is 190 Å². The zero-order valence-electron chi connectivity index (χ0n) is 17.5. The Morgan fingerprint density at radius 3 is 2.65 bits per heavy atom. The van der Waals surface area contributed by atoms with Crippen LogP contribution in [0.2, 0.25) is 0 Å². The fourth-order valence-electron chi connectivity index (χ4n) is 3.65. The highest BCUT2D eigenvalue weighted by Crippen LogP contribution is 2.42. The summed E-state index contributed by atoms with van der Waals surface area (Å²) in [4.78, 5) is 14.3. The molecule has 0 saturated carbocycles. The summed E-state index contributed by atoms with van der Waals surface area (Å²) in [5, 5.41) is 8.40. The summed E-state index contributed by atoms with van der Waals surface area (Å²) in [7, 11) is 3.24. The molecule has 4 rings (SSSR count). The molecular weight excluding hydrogens is 428 g/mol. The third kappa shape index (κ3) is 4.78. The third-order valence-electron chi connectivity index (χ3n) is 5.10. The Hall–Kier alpha value is -2.77. The van der Waals surface area contributed by atoms with E-state index in [1.807, 2.05) is 53.9 Å². The van der Waals surface area contributed by atoms with E-state index in [1.54, 1.807) is 42.3 Å². The summed E-state index contributed by atoms with van der Waals surface area (Å²) >= 11 is 3.24. The molecular formula is C24H24N2O3S2. The van der Waals surface area contributed by atoms with Gasteiger partial charge < -0.3 is 9.47 Å². The van der Waals surface area contributed by atoms with Crippen molar-refractivity contribution in [3.63, 3.8) is 0 Å². The van der Waals surface area contributed by atoms with Gasteiger partial charge in [-0.3, -0.25) is 4.79 Å². The predicted molar refractivity (Wildman–Crippen MR) is 127 cm³/mol. The largest absolute Gasteiger partial charge is 0.493 e. The first kappa shape index (κ1) is 21.5. The Balaban J connectivity index is 1.58. The van der Waals surface area contributed by atoms with Gasteiger partial charge in [-0.05, 0) is 23.1 Å². The van der Waals surface area contributed by atoms with Crippen molar-refractivity contribution in [1.29, 1.82) is 0 Å². The van der Waals surface area contributed by atoms with Crippen molar-refractivity contribution in [2.75, 3.05) is 20.0 Å². The van der Waals surface area contributed by atoms with Gasteiger partial charge in [0.15, 0.2) is 11.5 Å². The van der Waals surface area contributed by atoms with Crippen molar-refractivity contribution in [3.05, 3.63) is 82.0 Å². The normalized spacial score (nSPS) is 15.6. The average molecular weight is 453 g/mol. The minimum Gasteiger partial charge on any atom is -0.493 e.